The molecule has 3 N–H and O–H groups in total. The van der Waals surface area contributed by atoms with Crippen LogP contribution in [0.15, 0.2) is 29.1 Å². The number of imide groups is 1. The number of ether oxygens (including phenoxy) is 1. The molecule has 0 saturated carbocycles. The minimum absolute atomic E-state index is 0.233. The van der Waals surface area contributed by atoms with Crippen LogP contribution >= 0.6 is 0 Å². The van der Waals surface area contributed by atoms with E-state index in [0.717, 1.165) is 0 Å². The average molecular weight is 374 g/mol. The Balaban J connectivity index is 1.99. The normalized spacial score (nSPS) is 12.3. The lowest BCUT2D eigenvalue weighted by atomic mass is 10.1. The van der Waals surface area contributed by atoms with E-state index in [1.165, 1.54) is 6.92 Å². The quantitative estimate of drug-likeness (QED) is 0.685. The Hall–Kier alpha value is -3.23. The second-order valence-corrected chi connectivity index (χ2v) is 7.05. The molecule has 0 spiro atoms. The van der Waals surface area contributed by atoms with Crippen molar-refractivity contribution in [2.75, 3.05) is 0 Å². The molecule has 3 amide bonds. The van der Waals surface area contributed by atoms with Crippen molar-refractivity contribution in [3.63, 3.8) is 0 Å². The largest absolute Gasteiger partial charge is 0.452 e. The third-order valence-corrected chi connectivity index (χ3v) is 3.49. The van der Waals surface area contributed by atoms with Gasteiger partial charge in [0.2, 0.25) is 0 Å². The van der Waals surface area contributed by atoms with Crippen molar-refractivity contribution in [1.29, 1.82) is 0 Å². The molecular weight excluding hydrogens is 352 g/mol. The predicted octanol–water partition coefficient (Wildman–Crippen LogP) is 1.02. The van der Waals surface area contributed by atoms with Crippen LogP contribution in [0.2, 0.25) is 0 Å². The highest BCUT2D eigenvalue weighted by Gasteiger charge is 2.22. The van der Waals surface area contributed by atoms with E-state index in [-0.39, 0.29) is 12.0 Å². The summed E-state index contributed by atoms with van der Waals surface area (Å²) in [6.45, 7) is 6.65. The van der Waals surface area contributed by atoms with Crippen molar-refractivity contribution in [1.82, 2.24) is 20.8 Å². The van der Waals surface area contributed by atoms with Crippen molar-refractivity contribution in [2.24, 2.45) is 0 Å². The lowest BCUT2D eigenvalue weighted by Crippen LogP contribution is -2.50. The zero-order chi connectivity index (χ0) is 20.2. The van der Waals surface area contributed by atoms with Crippen molar-refractivity contribution in [3.05, 3.63) is 40.3 Å². The van der Waals surface area contributed by atoms with E-state index in [4.69, 9.17) is 4.74 Å². The summed E-state index contributed by atoms with van der Waals surface area (Å²) in [5, 5.41) is 11.8. The fraction of sp³-hybridized carbons (Fsp3) is 0.389. The topological polar surface area (TPSA) is 130 Å². The lowest BCUT2D eigenvalue weighted by Gasteiger charge is -2.21. The zero-order valence-electron chi connectivity index (χ0n) is 15.6. The van der Waals surface area contributed by atoms with Gasteiger partial charge in [0.05, 0.1) is 17.5 Å². The summed E-state index contributed by atoms with van der Waals surface area (Å²) >= 11 is 0. The van der Waals surface area contributed by atoms with Gasteiger partial charge in [-0.05, 0) is 33.8 Å². The highest BCUT2D eigenvalue weighted by molar-refractivity contribution is 5.97. The number of hydrogen-bond acceptors (Lipinski definition) is 6. The van der Waals surface area contributed by atoms with Gasteiger partial charge in [-0.2, -0.15) is 5.10 Å². The number of rotatable bonds is 4. The molecule has 1 unspecified atom stereocenters. The molecule has 144 valence electrons. The highest BCUT2D eigenvalue weighted by Crippen LogP contribution is 2.13. The van der Waals surface area contributed by atoms with Crippen molar-refractivity contribution in [2.45, 2.75) is 45.8 Å². The van der Waals surface area contributed by atoms with Crippen molar-refractivity contribution in [3.8, 4) is 0 Å². The van der Waals surface area contributed by atoms with E-state index in [9.17, 15) is 19.2 Å². The molecule has 1 heterocycles. The Kier molecular flexibility index (Phi) is 5.94. The Labute approximate surface area is 155 Å². The number of nitrogens with one attached hydrogen (secondary N) is 3. The van der Waals surface area contributed by atoms with Crippen LogP contribution in [0, 0.1) is 0 Å². The summed E-state index contributed by atoms with van der Waals surface area (Å²) in [6.07, 6.45) is -1.40. The summed E-state index contributed by atoms with van der Waals surface area (Å²) in [6, 6.07) is 6.04. The molecule has 27 heavy (non-hydrogen) atoms. The van der Waals surface area contributed by atoms with Crippen LogP contribution in [-0.2, 0) is 20.7 Å². The lowest BCUT2D eigenvalue weighted by molar-refractivity contribution is -0.153. The minimum Gasteiger partial charge on any atom is -0.452 e. The van der Waals surface area contributed by atoms with Crippen LogP contribution in [-0.4, -0.2) is 39.7 Å². The molecule has 0 aliphatic carbocycles. The minimum atomic E-state index is -1.17. The van der Waals surface area contributed by atoms with Crippen LogP contribution in [0.5, 0.6) is 0 Å². The van der Waals surface area contributed by atoms with Crippen LogP contribution in [0.1, 0.15) is 33.4 Å². The first kappa shape index (κ1) is 20.1. The van der Waals surface area contributed by atoms with Crippen LogP contribution in [0.3, 0.4) is 0 Å². The molecule has 1 atom stereocenters. The molecule has 2 aromatic rings. The van der Waals surface area contributed by atoms with Crippen LogP contribution < -0.4 is 16.2 Å². The molecule has 0 aliphatic rings. The Morgan fingerprint density at radius 2 is 1.81 bits per heavy atom. The van der Waals surface area contributed by atoms with Crippen molar-refractivity contribution >= 4 is 28.7 Å². The number of aromatic amines is 1. The number of esters is 1. The fourth-order valence-corrected chi connectivity index (χ4v) is 2.32. The van der Waals surface area contributed by atoms with E-state index in [1.54, 1.807) is 45.0 Å². The van der Waals surface area contributed by atoms with Gasteiger partial charge in [0, 0.05) is 10.9 Å². The number of amides is 3. The van der Waals surface area contributed by atoms with Crippen LogP contribution in [0.25, 0.3) is 10.8 Å². The molecular formula is C18H22N4O5. The van der Waals surface area contributed by atoms with Crippen LogP contribution in [0.4, 0.5) is 4.79 Å². The first-order valence-corrected chi connectivity index (χ1v) is 8.35. The molecule has 2 rings (SSSR count). The smallest absolute Gasteiger partial charge is 0.321 e. The van der Waals surface area contributed by atoms with Gasteiger partial charge in [0.15, 0.2) is 6.10 Å². The highest BCUT2D eigenvalue weighted by atomic mass is 16.5. The van der Waals surface area contributed by atoms with Gasteiger partial charge >= 0.3 is 12.0 Å². The van der Waals surface area contributed by atoms with Gasteiger partial charge in [-0.25, -0.2) is 9.89 Å². The monoisotopic (exact) mass is 374 g/mol. The van der Waals surface area contributed by atoms with E-state index in [1.807, 2.05) is 0 Å². The number of carbonyl (C=O) groups is 3. The molecule has 0 aliphatic heterocycles. The molecule has 1 aromatic heterocycles. The van der Waals surface area contributed by atoms with Gasteiger partial charge in [-0.3, -0.25) is 19.7 Å². The standard InChI is InChI=1S/C18H22N4O5/c1-10(15(24)19-17(26)20-18(2,3)4)27-14(23)9-13-11-7-5-6-8-12(11)16(25)22-21-13/h5-8,10H,9H2,1-4H3,(H,22,25)(H2,19,20,24,26). The predicted molar refractivity (Wildman–Crippen MR) is 98.0 cm³/mol. The number of nitrogens with zero attached hydrogens (tertiary/aromatic N) is 1. The number of benzene rings is 1. The van der Waals surface area contributed by atoms with Gasteiger partial charge in [0.25, 0.3) is 11.5 Å². The molecule has 0 saturated heterocycles. The van der Waals surface area contributed by atoms with Crippen molar-refractivity contribution < 1.29 is 19.1 Å². The second-order valence-electron chi connectivity index (χ2n) is 7.05. The summed E-state index contributed by atoms with van der Waals surface area (Å²) in [4.78, 5) is 47.6. The third kappa shape index (κ3) is 5.63. The Morgan fingerprint density at radius 1 is 1.19 bits per heavy atom. The molecule has 0 bridgehead atoms. The zero-order valence-corrected chi connectivity index (χ0v) is 15.6. The molecule has 9 heteroatoms. The maximum atomic E-state index is 12.1. The van der Waals surface area contributed by atoms with E-state index >= 15 is 0 Å². The molecule has 0 fully saturated rings. The maximum Gasteiger partial charge on any atom is 0.321 e. The van der Waals surface area contributed by atoms with Gasteiger partial charge in [-0.15, -0.1) is 0 Å². The number of H-pyrrole nitrogens is 1. The maximum absolute atomic E-state index is 12.1. The Morgan fingerprint density at radius 3 is 2.44 bits per heavy atom. The molecule has 0 radical (unpaired) electrons. The molecule has 1 aromatic carbocycles. The number of fused-ring (bicyclic) bond motifs is 1. The first-order chi connectivity index (χ1) is 12.6. The van der Waals surface area contributed by atoms with Gasteiger partial charge in [0.1, 0.15) is 0 Å². The first-order valence-electron chi connectivity index (χ1n) is 8.35. The third-order valence-electron chi connectivity index (χ3n) is 3.49. The van der Waals surface area contributed by atoms with E-state index in [0.29, 0.717) is 16.5 Å². The number of urea groups is 1. The van der Waals surface area contributed by atoms with Gasteiger partial charge in [-0.1, -0.05) is 18.2 Å². The summed E-state index contributed by atoms with van der Waals surface area (Å²) in [7, 11) is 0. The number of carbonyl (C=O) groups excluding carboxylic acids is 3. The van der Waals surface area contributed by atoms with E-state index < -0.39 is 29.6 Å². The fourth-order valence-electron chi connectivity index (χ4n) is 2.32. The van der Waals surface area contributed by atoms with E-state index in [2.05, 4.69) is 20.8 Å². The Bertz CT molecular complexity index is 929. The number of hydrogen-bond donors (Lipinski definition) is 3. The summed E-state index contributed by atoms with van der Waals surface area (Å²) in [5.74, 6) is -1.46. The molecule has 9 nitrogen and oxygen atoms in total. The average Bonchev–Trinajstić information content (AvgIpc) is 2.55. The second kappa shape index (κ2) is 7.98. The van der Waals surface area contributed by atoms with Gasteiger partial charge < -0.3 is 10.1 Å². The summed E-state index contributed by atoms with van der Waals surface area (Å²) < 4.78 is 5.06. The SMILES string of the molecule is CC(OC(=O)Cc1n[nH]c(=O)c2ccccc12)C(=O)NC(=O)NC(C)(C)C. The number of aromatic nitrogens is 2. The summed E-state index contributed by atoms with van der Waals surface area (Å²) in [5.41, 5.74) is -0.546.